The Bertz CT molecular complexity index is 644. The summed E-state index contributed by atoms with van der Waals surface area (Å²) in [6, 6.07) is 10.2. The van der Waals surface area contributed by atoms with Crippen LogP contribution in [0, 0.1) is 11.7 Å². The van der Waals surface area contributed by atoms with Gasteiger partial charge in [-0.25, -0.2) is 4.39 Å². The molecule has 21 heavy (non-hydrogen) atoms. The number of amides is 1. The highest BCUT2D eigenvalue weighted by atomic mass is 32.2. The number of rotatable bonds is 5. The van der Waals surface area contributed by atoms with E-state index in [1.807, 2.05) is 0 Å². The zero-order chi connectivity index (χ0) is 14.7. The predicted octanol–water partition coefficient (Wildman–Crippen LogP) is 3.26. The maximum Gasteiger partial charge on any atom is 0.228 e. The van der Waals surface area contributed by atoms with Crippen LogP contribution in [0.15, 0.2) is 41.4 Å². The van der Waals surface area contributed by atoms with Gasteiger partial charge in [0.15, 0.2) is 5.82 Å². The van der Waals surface area contributed by atoms with Crippen molar-refractivity contribution in [2.24, 2.45) is 5.92 Å². The minimum absolute atomic E-state index is 0.0102. The van der Waals surface area contributed by atoms with Gasteiger partial charge in [0, 0.05) is 11.7 Å². The number of hydrogen-bond acceptors (Lipinski definition) is 4. The van der Waals surface area contributed by atoms with Crippen molar-refractivity contribution in [2.45, 2.75) is 23.6 Å². The lowest BCUT2D eigenvalue weighted by Crippen LogP contribution is -2.14. The van der Waals surface area contributed by atoms with Gasteiger partial charge in [0.2, 0.25) is 5.91 Å². The van der Waals surface area contributed by atoms with Crippen LogP contribution in [0.5, 0.6) is 0 Å². The highest BCUT2D eigenvalue weighted by Crippen LogP contribution is 2.30. The van der Waals surface area contributed by atoms with Crippen LogP contribution in [0.4, 0.5) is 10.2 Å². The molecule has 1 N–H and O–H groups in total. The maximum absolute atomic E-state index is 13.5. The summed E-state index contributed by atoms with van der Waals surface area (Å²) in [4.78, 5) is 11.6. The van der Waals surface area contributed by atoms with Crippen LogP contribution in [0.25, 0.3) is 0 Å². The normalized spacial score (nSPS) is 14.0. The zero-order valence-corrected chi connectivity index (χ0v) is 12.1. The summed E-state index contributed by atoms with van der Waals surface area (Å²) in [7, 11) is 0. The predicted molar refractivity (Wildman–Crippen MR) is 79.3 cm³/mol. The fourth-order valence-electron chi connectivity index (χ4n) is 1.80. The largest absolute Gasteiger partial charge is 0.309 e. The van der Waals surface area contributed by atoms with Crippen LogP contribution >= 0.6 is 11.8 Å². The summed E-state index contributed by atoms with van der Waals surface area (Å²) in [6.45, 7) is 0. The molecule has 0 unspecified atom stereocenters. The summed E-state index contributed by atoms with van der Waals surface area (Å²) in [5.74, 6) is 0.890. The molecule has 0 bridgehead atoms. The Morgan fingerprint density at radius 3 is 2.71 bits per heavy atom. The fourth-order valence-corrected chi connectivity index (χ4v) is 2.60. The summed E-state index contributed by atoms with van der Waals surface area (Å²) in [6.07, 6.45) is 1.91. The van der Waals surface area contributed by atoms with E-state index in [9.17, 15) is 9.18 Å². The van der Waals surface area contributed by atoms with E-state index in [0.717, 1.165) is 12.8 Å². The quantitative estimate of drug-likeness (QED) is 0.861. The number of hydrogen-bond donors (Lipinski definition) is 1. The van der Waals surface area contributed by atoms with E-state index in [4.69, 9.17) is 0 Å². The second kappa shape index (κ2) is 6.22. The number of benzene rings is 1. The van der Waals surface area contributed by atoms with Crippen LogP contribution in [-0.2, 0) is 10.5 Å². The SMILES string of the molecule is O=C(Nc1ccc(SCc2ccccc2F)nn1)C1CC1. The van der Waals surface area contributed by atoms with E-state index >= 15 is 0 Å². The van der Waals surface area contributed by atoms with Gasteiger partial charge in [-0.2, -0.15) is 0 Å². The standard InChI is InChI=1S/C15H14FN3OS/c16-12-4-2-1-3-11(12)9-21-14-8-7-13(18-19-14)17-15(20)10-5-6-10/h1-4,7-8,10H,5-6,9H2,(H,17,18,20). The number of thioether (sulfide) groups is 1. The highest BCUT2D eigenvalue weighted by molar-refractivity contribution is 7.98. The van der Waals surface area contributed by atoms with E-state index < -0.39 is 0 Å². The lowest BCUT2D eigenvalue weighted by atomic mass is 10.2. The van der Waals surface area contributed by atoms with Crippen LogP contribution in [0.1, 0.15) is 18.4 Å². The van der Waals surface area contributed by atoms with Crippen molar-refractivity contribution in [2.75, 3.05) is 5.32 Å². The van der Waals surface area contributed by atoms with Crippen LogP contribution in [0.3, 0.4) is 0 Å². The summed E-state index contributed by atoms with van der Waals surface area (Å²) >= 11 is 1.41. The van der Waals surface area contributed by atoms with E-state index in [-0.39, 0.29) is 17.6 Å². The van der Waals surface area contributed by atoms with E-state index in [1.54, 1.807) is 30.3 Å². The minimum Gasteiger partial charge on any atom is -0.309 e. The average Bonchev–Trinajstić information content (AvgIpc) is 3.33. The lowest BCUT2D eigenvalue weighted by Gasteiger charge is -2.04. The van der Waals surface area contributed by atoms with E-state index in [2.05, 4.69) is 15.5 Å². The summed E-state index contributed by atoms with van der Waals surface area (Å²) in [5.41, 5.74) is 0.635. The molecule has 1 aliphatic rings. The molecule has 0 aliphatic heterocycles. The summed E-state index contributed by atoms with van der Waals surface area (Å²) in [5, 5.41) is 11.4. The molecule has 1 aliphatic carbocycles. The molecule has 1 fully saturated rings. The molecule has 1 heterocycles. The van der Waals surface area contributed by atoms with Gasteiger partial charge < -0.3 is 5.32 Å². The molecular formula is C15H14FN3OS. The fraction of sp³-hybridized carbons (Fsp3) is 0.267. The molecule has 1 aromatic carbocycles. The number of halogens is 1. The van der Waals surface area contributed by atoms with Crippen molar-refractivity contribution < 1.29 is 9.18 Å². The molecule has 3 rings (SSSR count). The molecule has 2 aromatic rings. The molecule has 6 heteroatoms. The van der Waals surface area contributed by atoms with Crippen molar-refractivity contribution in [1.29, 1.82) is 0 Å². The van der Waals surface area contributed by atoms with Gasteiger partial charge in [0.1, 0.15) is 10.8 Å². The Labute approximate surface area is 126 Å². The maximum atomic E-state index is 13.5. The molecule has 0 spiro atoms. The molecule has 0 atom stereocenters. The third kappa shape index (κ3) is 3.78. The minimum atomic E-state index is -0.216. The van der Waals surface area contributed by atoms with Crippen molar-refractivity contribution >= 4 is 23.5 Å². The highest BCUT2D eigenvalue weighted by Gasteiger charge is 2.29. The molecule has 1 amide bonds. The molecular weight excluding hydrogens is 289 g/mol. The monoisotopic (exact) mass is 303 g/mol. The van der Waals surface area contributed by atoms with Crippen LogP contribution < -0.4 is 5.32 Å². The number of nitrogens with zero attached hydrogens (tertiary/aromatic N) is 2. The Hall–Kier alpha value is -1.95. The van der Waals surface area contributed by atoms with Crippen molar-refractivity contribution in [3.05, 3.63) is 47.8 Å². The Kier molecular flexibility index (Phi) is 4.15. The summed E-state index contributed by atoms with van der Waals surface area (Å²) < 4.78 is 13.5. The van der Waals surface area contributed by atoms with Gasteiger partial charge in [0.25, 0.3) is 0 Å². The van der Waals surface area contributed by atoms with Gasteiger partial charge in [-0.15, -0.1) is 10.2 Å². The first-order chi connectivity index (χ1) is 10.2. The molecule has 1 aromatic heterocycles. The van der Waals surface area contributed by atoms with Gasteiger partial charge in [0.05, 0.1) is 0 Å². The number of carbonyl (C=O) groups is 1. The number of anilines is 1. The van der Waals surface area contributed by atoms with E-state index in [1.165, 1.54) is 17.8 Å². The Balaban J connectivity index is 1.56. The topological polar surface area (TPSA) is 54.9 Å². The van der Waals surface area contributed by atoms with Crippen molar-refractivity contribution in [3.8, 4) is 0 Å². The van der Waals surface area contributed by atoms with Gasteiger partial charge in [-0.05, 0) is 36.6 Å². The smallest absolute Gasteiger partial charge is 0.228 e. The zero-order valence-electron chi connectivity index (χ0n) is 11.3. The average molecular weight is 303 g/mol. The second-order valence-corrected chi connectivity index (χ2v) is 5.90. The van der Waals surface area contributed by atoms with Gasteiger partial charge in [-0.3, -0.25) is 4.79 Å². The molecule has 4 nitrogen and oxygen atoms in total. The molecule has 108 valence electrons. The van der Waals surface area contributed by atoms with Crippen LogP contribution in [-0.4, -0.2) is 16.1 Å². The number of aromatic nitrogens is 2. The number of carbonyl (C=O) groups excluding carboxylic acids is 1. The molecule has 0 radical (unpaired) electrons. The first kappa shape index (κ1) is 14.0. The third-order valence-corrected chi connectivity index (χ3v) is 4.14. The second-order valence-electron chi connectivity index (χ2n) is 4.90. The Morgan fingerprint density at radius 1 is 1.24 bits per heavy atom. The van der Waals surface area contributed by atoms with Crippen LogP contribution in [0.2, 0.25) is 0 Å². The first-order valence-corrected chi connectivity index (χ1v) is 7.72. The van der Waals surface area contributed by atoms with Crippen molar-refractivity contribution in [1.82, 2.24) is 10.2 Å². The molecule has 0 saturated heterocycles. The van der Waals surface area contributed by atoms with Gasteiger partial charge >= 0.3 is 0 Å². The van der Waals surface area contributed by atoms with Crippen molar-refractivity contribution in [3.63, 3.8) is 0 Å². The first-order valence-electron chi connectivity index (χ1n) is 6.73. The lowest BCUT2D eigenvalue weighted by molar-refractivity contribution is -0.117. The van der Waals surface area contributed by atoms with Gasteiger partial charge in [-0.1, -0.05) is 30.0 Å². The number of nitrogens with one attached hydrogen (secondary N) is 1. The molecule has 1 saturated carbocycles. The Morgan fingerprint density at radius 2 is 2.05 bits per heavy atom. The third-order valence-electron chi connectivity index (χ3n) is 3.17. The van der Waals surface area contributed by atoms with E-state index in [0.29, 0.717) is 22.2 Å².